The van der Waals surface area contributed by atoms with Crippen molar-refractivity contribution in [2.24, 2.45) is 5.73 Å². The minimum Gasteiger partial charge on any atom is -0.368 e. The van der Waals surface area contributed by atoms with Gasteiger partial charge in [0.25, 0.3) is 0 Å². The molecule has 0 aromatic carbocycles. The zero-order valence-corrected chi connectivity index (χ0v) is 12.0. The van der Waals surface area contributed by atoms with Crippen molar-refractivity contribution in [2.45, 2.75) is 51.9 Å². The second-order valence-electron chi connectivity index (χ2n) is 5.78. The Morgan fingerprint density at radius 3 is 2.83 bits per heavy atom. The van der Waals surface area contributed by atoms with Crippen LogP contribution in [0.4, 0.5) is 0 Å². The molecule has 3 N–H and O–H groups in total. The minimum absolute atomic E-state index is 0.0187. The van der Waals surface area contributed by atoms with Crippen LogP contribution in [0.1, 0.15) is 34.1 Å². The van der Waals surface area contributed by atoms with E-state index in [0.717, 1.165) is 19.5 Å². The molecule has 5 heteroatoms. The Balaban J connectivity index is 2.48. The molecule has 0 spiro atoms. The first-order valence-corrected chi connectivity index (χ1v) is 6.76. The summed E-state index contributed by atoms with van der Waals surface area (Å²) in [7, 11) is 0. The Morgan fingerprint density at radius 2 is 2.28 bits per heavy atom. The molecule has 2 atom stereocenters. The molecule has 0 aromatic rings. The lowest BCUT2D eigenvalue weighted by Crippen LogP contribution is -2.56. The van der Waals surface area contributed by atoms with E-state index < -0.39 is 0 Å². The van der Waals surface area contributed by atoms with Crippen LogP contribution in [0.3, 0.4) is 0 Å². The Labute approximate surface area is 110 Å². The van der Waals surface area contributed by atoms with Gasteiger partial charge in [-0.25, -0.2) is 0 Å². The monoisotopic (exact) mass is 257 g/mol. The van der Waals surface area contributed by atoms with Gasteiger partial charge in [0.15, 0.2) is 0 Å². The van der Waals surface area contributed by atoms with Gasteiger partial charge in [0, 0.05) is 25.7 Å². The average Bonchev–Trinajstić information content (AvgIpc) is 2.26. The predicted molar refractivity (Wildman–Crippen MR) is 72.3 cm³/mol. The van der Waals surface area contributed by atoms with Gasteiger partial charge in [0.1, 0.15) is 0 Å². The molecule has 1 fully saturated rings. The van der Waals surface area contributed by atoms with Crippen LogP contribution in [0.2, 0.25) is 0 Å². The van der Waals surface area contributed by atoms with E-state index in [0.29, 0.717) is 13.1 Å². The standard InChI is InChI=1S/C13H27N3O2/c1-5-10(2)15-12(17)8-16-7-11(6-14)18-13(3,4)9-16/h10-11H,5-9,14H2,1-4H3,(H,15,17). The number of amides is 1. The first-order chi connectivity index (χ1) is 8.36. The molecule has 1 aliphatic rings. The summed E-state index contributed by atoms with van der Waals surface area (Å²) in [6.45, 7) is 10.6. The van der Waals surface area contributed by atoms with Gasteiger partial charge in [-0.2, -0.15) is 0 Å². The van der Waals surface area contributed by atoms with E-state index in [4.69, 9.17) is 10.5 Å². The van der Waals surface area contributed by atoms with Crippen molar-refractivity contribution in [1.29, 1.82) is 0 Å². The highest BCUT2D eigenvalue weighted by atomic mass is 16.5. The van der Waals surface area contributed by atoms with E-state index in [2.05, 4.69) is 17.1 Å². The molecule has 5 nitrogen and oxygen atoms in total. The topological polar surface area (TPSA) is 67.6 Å². The van der Waals surface area contributed by atoms with Crippen LogP contribution < -0.4 is 11.1 Å². The summed E-state index contributed by atoms with van der Waals surface area (Å²) in [5.74, 6) is 0.0813. The van der Waals surface area contributed by atoms with Crippen molar-refractivity contribution in [3.05, 3.63) is 0 Å². The summed E-state index contributed by atoms with van der Waals surface area (Å²) < 4.78 is 5.84. The highest BCUT2D eigenvalue weighted by molar-refractivity contribution is 5.78. The quantitative estimate of drug-likeness (QED) is 0.745. The number of nitrogens with two attached hydrogens (primary N) is 1. The molecule has 2 unspecified atom stereocenters. The number of carbonyl (C=O) groups excluding carboxylic acids is 1. The van der Waals surface area contributed by atoms with Crippen molar-refractivity contribution >= 4 is 5.91 Å². The Morgan fingerprint density at radius 1 is 1.61 bits per heavy atom. The van der Waals surface area contributed by atoms with E-state index >= 15 is 0 Å². The first kappa shape index (κ1) is 15.4. The van der Waals surface area contributed by atoms with Gasteiger partial charge in [0.05, 0.1) is 18.2 Å². The Bertz CT molecular complexity index is 281. The zero-order valence-electron chi connectivity index (χ0n) is 12.0. The highest BCUT2D eigenvalue weighted by Crippen LogP contribution is 2.20. The molecule has 1 amide bonds. The Kier molecular flexibility index (Phi) is 5.56. The molecule has 1 heterocycles. The normalized spacial score (nSPS) is 25.7. The fourth-order valence-electron chi connectivity index (χ4n) is 2.29. The highest BCUT2D eigenvalue weighted by Gasteiger charge is 2.33. The predicted octanol–water partition coefficient (Wildman–Crippen LogP) is 0.339. The van der Waals surface area contributed by atoms with Crippen LogP contribution in [-0.4, -0.2) is 54.7 Å². The van der Waals surface area contributed by atoms with Crippen molar-refractivity contribution in [1.82, 2.24) is 10.2 Å². The van der Waals surface area contributed by atoms with Crippen LogP contribution in [0.15, 0.2) is 0 Å². The molecular formula is C13H27N3O2. The van der Waals surface area contributed by atoms with Crippen molar-refractivity contribution in [2.75, 3.05) is 26.2 Å². The number of rotatable bonds is 5. The van der Waals surface area contributed by atoms with Crippen LogP contribution in [0, 0.1) is 0 Å². The molecule has 0 bridgehead atoms. The van der Waals surface area contributed by atoms with E-state index in [1.165, 1.54) is 0 Å². The fourth-order valence-corrected chi connectivity index (χ4v) is 2.29. The van der Waals surface area contributed by atoms with Crippen LogP contribution in [0.5, 0.6) is 0 Å². The van der Waals surface area contributed by atoms with E-state index in [-0.39, 0.29) is 23.7 Å². The first-order valence-electron chi connectivity index (χ1n) is 6.76. The van der Waals surface area contributed by atoms with Gasteiger partial charge in [-0.05, 0) is 27.2 Å². The van der Waals surface area contributed by atoms with Crippen molar-refractivity contribution < 1.29 is 9.53 Å². The number of hydrogen-bond donors (Lipinski definition) is 2. The minimum atomic E-state index is -0.237. The molecule has 0 aromatic heterocycles. The van der Waals surface area contributed by atoms with Crippen LogP contribution in [0.25, 0.3) is 0 Å². The summed E-state index contributed by atoms with van der Waals surface area (Å²) in [4.78, 5) is 14.0. The molecular weight excluding hydrogens is 230 g/mol. The van der Waals surface area contributed by atoms with Gasteiger partial charge in [0.2, 0.25) is 5.91 Å². The summed E-state index contributed by atoms with van der Waals surface area (Å²) >= 11 is 0. The number of hydrogen-bond acceptors (Lipinski definition) is 4. The van der Waals surface area contributed by atoms with E-state index in [9.17, 15) is 4.79 Å². The largest absolute Gasteiger partial charge is 0.368 e. The summed E-state index contributed by atoms with van der Waals surface area (Å²) in [5, 5.41) is 2.98. The molecule has 0 saturated carbocycles. The van der Waals surface area contributed by atoms with Gasteiger partial charge >= 0.3 is 0 Å². The smallest absolute Gasteiger partial charge is 0.234 e. The summed E-state index contributed by atoms with van der Waals surface area (Å²) in [5.41, 5.74) is 5.43. The van der Waals surface area contributed by atoms with Crippen LogP contribution in [-0.2, 0) is 9.53 Å². The zero-order chi connectivity index (χ0) is 13.8. The molecule has 0 radical (unpaired) electrons. The number of nitrogens with one attached hydrogen (secondary N) is 1. The third-order valence-electron chi connectivity index (χ3n) is 3.20. The summed E-state index contributed by atoms with van der Waals surface area (Å²) in [6, 6.07) is 0.233. The number of morpholine rings is 1. The maximum absolute atomic E-state index is 11.9. The second kappa shape index (κ2) is 6.50. The van der Waals surface area contributed by atoms with Crippen LogP contribution >= 0.6 is 0 Å². The average molecular weight is 257 g/mol. The van der Waals surface area contributed by atoms with E-state index in [1.54, 1.807) is 0 Å². The SMILES string of the molecule is CCC(C)NC(=O)CN1CC(CN)OC(C)(C)C1. The molecule has 1 rings (SSSR count). The third kappa shape index (κ3) is 4.92. The van der Waals surface area contributed by atoms with Gasteiger partial charge in [-0.15, -0.1) is 0 Å². The molecule has 1 saturated heterocycles. The number of nitrogens with zero attached hydrogens (tertiary/aromatic N) is 1. The number of ether oxygens (including phenoxy) is 1. The Hall–Kier alpha value is -0.650. The lowest BCUT2D eigenvalue weighted by molar-refractivity contribution is -0.141. The molecule has 0 aliphatic carbocycles. The van der Waals surface area contributed by atoms with Crippen molar-refractivity contribution in [3.63, 3.8) is 0 Å². The molecule has 1 aliphatic heterocycles. The van der Waals surface area contributed by atoms with Crippen molar-refractivity contribution in [3.8, 4) is 0 Å². The lowest BCUT2D eigenvalue weighted by atomic mass is 10.1. The van der Waals surface area contributed by atoms with E-state index in [1.807, 2.05) is 20.8 Å². The molecule has 106 valence electrons. The summed E-state index contributed by atoms with van der Waals surface area (Å²) in [6.07, 6.45) is 0.969. The van der Waals surface area contributed by atoms with Gasteiger partial charge < -0.3 is 15.8 Å². The third-order valence-corrected chi connectivity index (χ3v) is 3.20. The lowest BCUT2D eigenvalue weighted by Gasteiger charge is -2.42. The fraction of sp³-hybridized carbons (Fsp3) is 0.923. The number of carbonyl (C=O) groups is 1. The maximum Gasteiger partial charge on any atom is 0.234 e. The van der Waals surface area contributed by atoms with Gasteiger partial charge in [-0.1, -0.05) is 6.92 Å². The second-order valence-corrected chi connectivity index (χ2v) is 5.78. The van der Waals surface area contributed by atoms with Gasteiger partial charge in [-0.3, -0.25) is 9.69 Å². The molecule has 18 heavy (non-hydrogen) atoms. The maximum atomic E-state index is 11.9.